The smallest absolute Gasteiger partial charge is 0.157 e. The van der Waals surface area contributed by atoms with Crippen LogP contribution < -0.4 is 9.80 Å². The molecule has 274 valence electrons. The van der Waals surface area contributed by atoms with Gasteiger partial charge in [-0.25, -0.2) is 0 Å². The largest absolute Gasteiger partial charge is 0.454 e. The highest BCUT2D eigenvalue weighted by atomic mass is 16.3. The van der Waals surface area contributed by atoms with E-state index in [-0.39, 0.29) is 0 Å². The van der Waals surface area contributed by atoms with Gasteiger partial charge in [0.05, 0.1) is 0 Å². The summed E-state index contributed by atoms with van der Waals surface area (Å²) in [4.78, 5) is 4.58. The number of rotatable bonds is 6. The number of fused-ring (bicyclic) bond motifs is 8. The lowest BCUT2D eigenvalue weighted by atomic mass is 10.0. The van der Waals surface area contributed by atoms with Crippen LogP contribution in [-0.2, 0) is 0 Å². The molecule has 5 nitrogen and oxygen atoms in total. The van der Waals surface area contributed by atoms with E-state index < -0.39 is 0 Å². The summed E-state index contributed by atoms with van der Waals surface area (Å²) in [6.07, 6.45) is 0. The molecule has 0 amide bonds. The molecule has 9 aromatic carbocycles. The van der Waals surface area contributed by atoms with Crippen molar-refractivity contribution in [1.82, 2.24) is 0 Å². The lowest BCUT2D eigenvalue weighted by Gasteiger charge is -2.27. The molecule has 0 aliphatic carbocycles. The Morgan fingerprint density at radius 1 is 0.397 bits per heavy atom. The predicted molar refractivity (Wildman–Crippen MR) is 240 cm³/mol. The molecular weight excluding hydrogens is 711 g/mol. The number of para-hydroxylation sites is 4. The summed E-state index contributed by atoms with van der Waals surface area (Å²) in [5, 5.41) is 18.6. The Morgan fingerprint density at radius 3 is 1.26 bits per heavy atom. The van der Waals surface area contributed by atoms with Crippen LogP contribution in [0.3, 0.4) is 0 Å². The zero-order valence-corrected chi connectivity index (χ0v) is 31.9. The Hall–Kier alpha value is -7.81. The minimum absolute atomic E-state index is 0.402. The van der Waals surface area contributed by atoms with Gasteiger partial charge in [0.15, 0.2) is 11.2 Å². The van der Waals surface area contributed by atoms with Crippen molar-refractivity contribution in [2.45, 2.75) is 13.8 Å². The van der Waals surface area contributed by atoms with Crippen molar-refractivity contribution < 1.29 is 8.83 Å². The van der Waals surface area contributed by atoms with E-state index in [1.807, 2.05) is 12.1 Å². The summed E-state index contributed by atoms with van der Waals surface area (Å²) < 4.78 is 13.2. The number of furan rings is 2. The first-order valence-electron chi connectivity index (χ1n) is 19.5. The molecule has 0 saturated carbocycles. The van der Waals surface area contributed by atoms with Gasteiger partial charge < -0.3 is 18.6 Å². The summed E-state index contributed by atoms with van der Waals surface area (Å²) in [6.45, 7) is 4.28. The van der Waals surface area contributed by atoms with Gasteiger partial charge >= 0.3 is 0 Å². The Morgan fingerprint density at radius 2 is 0.828 bits per heavy atom. The number of nitrogens with zero attached hydrogens (tertiary/aromatic N) is 3. The molecule has 0 aliphatic heterocycles. The van der Waals surface area contributed by atoms with Crippen LogP contribution in [0, 0.1) is 25.2 Å². The van der Waals surface area contributed by atoms with Crippen LogP contribution in [0.4, 0.5) is 34.1 Å². The summed E-state index contributed by atoms with van der Waals surface area (Å²) >= 11 is 0. The van der Waals surface area contributed by atoms with Crippen molar-refractivity contribution in [2.24, 2.45) is 0 Å². The van der Waals surface area contributed by atoms with Crippen molar-refractivity contribution in [2.75, 3.05) is 9.80 Å². The number of benzene rings is 9. The summed E-state index contributed by atoms with van der Waals surface area (Å²) in [6, 6.07) is 64.0. The van der Waals surface area contributed by atoms with Gasteiger partial charge in [-0.3, -0.25) is 0 Å². The second kappa shape index (κ2) is 13.2. The molecule has 0 spiro atoms. The van der Waals surface area contributed by atoms with Gasteiger partial charge in [0.25, 0.3) is 0 Å². The van der Waals surface area contributed by atoms with Gasteiger partial charge in [-0.2, -0.15) is 5.26 Å². The van der Waals surface area contributed by atoms with Crippen molar-refractivity contribution in [1.29, 1.82) is 5.26 Å². The fourth-order valence-corrected chi connectivity index (χ4v) is 8.62. The van der Waals surface area contributed by atoms with Crippen LogP contribution >= 0.6 is 0 Å². The third-order valence-corrected chi connectivity index (χ3v) is 11.5. The van der Waals surface area contributed by atoms with E-state index in [2.05, 4.69) is 194 Å². The van der Waals surface area contributed by atoms with Crippen LogP contribution in [0.2, 0.25) is 0 Å². The monoisotopic (exact) mass is 745 g/mol. The third-order valence-electron chi connectivity index (χ3n) is 11.5. The maximum atomic E-state index is 10.7. The molecule has 0 aliphatic rings. The number of nitriles is 1. The molecular formula is C53H35N3O2. The molecule has 0 bridgehead atoms. The normalized spacial score (nSPS) is 11.6. The first-order chi connectivity index (χ1) is 28.5. The van der Waals surface area contributed by atoms with Crippen molar-refractivity contribution in [3.63, 3.8) is 0 Å². The lowest BCUT2D eigenvalue weighted by molar-refractivity contribution is 0.654. The molecule has 0 unspecified atom stereocenters. The van der Waals surface area contributed by atoms with Crippen LogP contribution in [-0.4, -0.2) is 0 Å². The van der Waals surface area contributed by atoms with Crippen LogP contribution in [0.5, 0.6) is 0 Å². The molecule has 0 N–H and O–H groups in total. The van der Waals surface area contributed by atoms with Crippen LogP contribution in [0.25, 0.3) is 65.4 Å². The third kappa shape index (κ3) is 5.31. The van der Waals surface area contributed by atoms with Crippen molar-refractivity contribution >= 4 is 99.5 Å². The van der Waals surface area contributed by atoms with Gasteiger partial charge in [-0.05, 0) is 138 Å². The average Bonchev–Trinajstić information content (AvgIpc) is 3.80. The highest BCUT2D eigenvalue weighted by Gasteiger charge is 2.22. The second-order valence-electron chi connectivity index (χ2n) is 15.0. The fraction of sp³-hybridized carbons (Fsp3) is 0.0377. The van der Waals surface area contributed by atoms with E-state index in [0.717, 1.165) is 88.4 Å². The number of aryl methyl sites for hydroxylation is 2. The molecule has 0 saturated heterocycles. The molecule has 11 aromatic rings. The van der Waals surface area contributed by atoms with Crippen molar-refractivity contribution in [3.8, 4) is 6.07 Å². The van der Waals surface area contributed by atoms with Gasteiger partial charge in [0, 0.05) is 55.7 Å². The van der Waals surface area contributed by atoms with Crippen molar-refractivity contribution in [3.05, 3.63) is 193 Å². The Bertz CT molecular complexity index is 3230. The van der Waals surface area contributed by atoms with Crippen LogP contribution in [0.15, 0.2) is 185 Å². The first-order valence-corrected chi connectivity index (χ1v) is 19.5. The Kier molecular flexibility index (Phi) is 7.60. The minimum atomic E-state index is 0.402. The molecule has 2 heterocycles. The zero-order valence-electron chi connectivity index (χ0n) is 31.9. The second-order valence-corrected chi connectivity index (χ2v) is 15.0. The average molecular weight is 746 g/mol. The standard InChI is InChI=1S/C53H35N3O2/c1-33-13-9-11-19-48(33)55(39-15-5-3-6-16-39)41-23-21-35-27-43-45-31-46-44-28-36-22-24-42(56(40-17-7-4-8-18-40)49-20-12-10-14-34(49)2)26-38(36)30-51(44)58-53(46)47(32-54)52(45)57-50(43)29-37(35)25-41/h3-31H,1-2H3. The van der Waals surface area contributed by atoms with E-state index in [4.69, 9.17) is 8.83 Å². The number of anilines is 6. The van der Waals surface area contributed by atoms with Gasteiger partial charge in [-0.15, -0.1) is 0 Å². The molecule has 11 rings (SSSR count). The number of hydrogen-bond acceptors (Lipinski definition) is 5. The maximum absolute atomic E-state index is 10.7. The molecule has 0 atom stereocenters. The topological polar surface area (TPSA) is 56.6 Å². The van der Waals surface area contributed by atoms with Crippen LogP contribution in [0.1, 0.15) is 16.7 Å². The molecule has 5 heteroatoms. The molecule has 2 aromatic heterocycles. The van der Waals surface area contributed by atoms with E-state index in [1.165, 1.54) is 11.1 Å². The maximum Gasteiger partial charge on any atom is 0.157 e. The lowest BCUT2D eigenvalue weighted by Crippen LogP contribution is -2.11. The first kappa shape index (κ1) is 33.5. The van der Waals surface area contributed by atoms with Gasteiger partial charge in [0.2, 0.25) is 0 Å². The van der Waals surface area contributed by atoms with E-state index >= 15 is 0 Å². The summed E-state index contributed by atoms with van der Waals surface area (Å²) in [5.41, 5.74) is 11.8. The highest BCUT2D eigenvalue weighted by molar-refractivity contribution is 6.20. The highest BCUT2D eigenvalue weighted by Crippen LogP contribution is 2.44. The molecule has 0 fully saturated rings. The molecule has 58 heavy (non-hydrogen) atoms. The SMILES string of the molecule is Cc1ccccc1N(c1ccccc1)c1ccc2cc3c(cc2c1)oc1c(C#N)c2oc4cc5cc(N(c6ccccc6)c6ccccc6C)ccc5cc4c2cc13. The van der Waals surface area contributed by atoms with E-state index in [1.54, 1.807) is 0 Å². The minimum Gasteiger partial charge on any atom is -0.454 e. The Labute approximate surface area is 334 Å². The van der Waals surface area contributed by atoms with Gasteiger partial charge in [-0.1, -0.05) is 84.9 Å². The van der Waals surface area contributed by atoms with Gasteiger partial charge in [0.1, 0.15) is 22.8 Å². The Balaban J connectivity index is 1.05. The zero-order chi connectivity index (χ0) is 38.9. The summed E-state index contributed by atoms with van der Waals surface area (Å²) in [5.74, 6) is 0. The van der Waals surface area contributed by atoms with E-state index in [0.29, 0.717) is 16.7 Å². The molecule has 0 radical (unpaired) electrons. The summed E-state index contributed by atoms with van der Waals surface area (Å²) in [7, 11) is 0. The van der Waals surface area contributed by atoms with E-state index in [9.17, 15) is 5.26 Å². The number of hydrogen-bond donors (Lipinski definition) is 0. The quantitative estimate of drug-likeness (QED) is 0.170. The predicted octanol–water partition coefficient (Wildman–Crippen LogP) is 15.2. The fourth-order valence-electron chi connectivity index (χ4n) is 8.62.